The molecule has 0 aromatic carbocycles. The van der Waals surface area contributed by atoms with E-state index in [2.05, 4.69) is 21.5 Å². The SMILES string of the molecule is O=C(Cl)S(=O)(=O)O.[CH3][Sn][CH3]. The number of rotatable bonds is 0. The van der Waals surface area contributed by atoms with Gasteiger partial charge in [0.15, 0.2) is 0 Å². The molecule has 0 bridgehead atoms. The minimum absolute atomic E-state index is 0.230. The number of hydrogen-bond donors (Lipinski definition) is 1. The first-order valence-electron chi connectivity index (χ1n) is 2.11. The van der Waals surface area contributed by atoms with Crippen LogP contribution in [0.15, 0.2) is 0 Å². The van der Waals surface area contributed by atoms with E-state index in [0.29, 0.717) is 0 Å². The summed E-state index contributed by atoms with van der Waals surface area (Å²) in [6.45, 7) is 0. The fraction of sp³-hybridized carbons (Fsp3) is 0.667. The molecule has 0 saturated carbocycles. The van der Waals surface area contributed by atoms with Crippen molar-refractivity contribution < 1.29 is 17.8 Å². The summed E-state index contributed by atoms with van der Waals surface area (Å²) in [4.78, 5) is 14.0. The van der Waals surface area contributed by atoms with E-state index >= 15 is 0 Å². The number of carbonyl (C=O) groups excluding carboxylic acids is 1. The van der Waals surface area contributed by atoms with Gasteiger partial charge in [0.05, 0.1) is 0 Å². The number of carbonyl (C=O) groups is 1. The molecule has 10 heavy (non-hydrogen) atoms. The van der Waals surface area contributed by atoms with Crippen molar-refractivity contribution in [2.75, 3.05) is 0 Å². The summed E-state index contributed by atoms with van der Waals surface area (Å²) in [7, 11) is -4.61. The van der Waals surface area contributed by atoms with Crippen LogP contribution in [0.3, 0.4) is 0 Å². The average Bonchev–Trinajstić information content (AvgIpc) is 1.64. The van der Waals surface area contributed by atoms with Crippen LogP contribution in [0, 0.1) is 0 Å². The molecule has 0 aromatic heterocycles. The maximum atomic E-state index is 9.41. The molecule has 60 valence electrons. The van der Waals surface area contributed by atoms with Crippen LogP contribution in [0.4, 0.5) is 4.79 Å². The molecular weight excluding hydrogens is 286 g/mol. The van der Waals surface area contributed by atoms with Gasteiger partial charge in [-0.3, -0.25) is 9.35 Å². The van der Waals surface area contributed by atoms with E-state index in [1.165, 1.54) is 0 Å². The molecule has 0 saturated heterocycles. The van der Waals surface area contributed by atoms with Crippen LogP contribution < -0.4 is 0 Å². The van der Waals surface area contributed by atoms with Gasteiger partial charge < -0.3 is 0 Å². The van der Waals surface area contributed by atoms with Gasteiger partial charge in [0.25, 0.3) is 0 Å². The third-order valence-corrected chi connectivity index (χ3v) is 1.19. The summed E-state index contributed by atoms with van der Waals surface area (Å²) >= 11 is 4.51. The van der Waals surface area contributed by atoms with Crippen LogP contribution in [0.5, 0.6) is 0 Å². The van der Waals surface area contributed by atoms with E-state index in [9.17, 15) is 13.2 Å². The van der Waals surface area contributed by atoms with E-state index < -0.39 is 14.7 Å². The van der Waals surface area contributed by atoms with Gasteiger partial charge in [-0.2, -0.15) is 8.42 Å². The van der Waals surface area contributed by atoms with E-state index in [1.54, 1.807) is 0 Å². The summed E-state index contributed by atoms with van der Waals surface area (Å²) in [6, 6.07) is 0. The van der Waals surface area contributed by atoms with Crippen molar-refractivity contribution in [2.24, 2.45) is 0 Å². The van der Waals surface area contributed by atoms with Crippen molar-refractivity contribution in [1.29, 1.82) is 0 Å². The van der Waals surface area contributed by atoms with Crippen molar-refractivity contribution in [3.63, 3.8) is 0 Å². The topological polar surface area (TPSA) is 71.4 Å². The summed E-state index contributed by atoms with van der Waals surface area (Å²) in [5, 5.41) is 0. The Kier molecular flexibility index (Phi) is 8.47. The maximum absolute atomic E-state index is 9.41. The molecule has 0 fully saturated rings. The second-order valence-electron chi connectivity index (χ2n) is 1.21. The Morgan fingerprint density at radius 3 is 1.60 bits per heavy atom. The summed E-state index contributed by atoms with van der Waals surface area (Å²) in [5.74, 6) is 0. The minimum atomic E-state index is -4.61. The molecule has 2 radical (unpaired) electrons. The molecule has 4 nitrogen and oxygen atoms in total. The zero-order valence-electron chi connectivity index (χ0n) is 5.46. The van der Waals surface area contributed by atoms with E-state index in [-0.39, 0.29) is 21.1 Å². The molecule has 0 aliphatic heterocycles. The van der Waals surface area contributed by atoms with Crippen LogP contribution in [0.1, 0.15) is 0 Å². The Labute approximate surface area is 74.9 Å². The predicted molar refractivity (Wildman–Crippen MR) is 40.3 cm³/mol. The molecule has 0 aliphatic rings. The van der Waals surface area contributed by atoms with Gasteiger partial charge in [0.2, 0.25) is 0 Å². The molecule has 0 amide bonds. The fourth-order valence-electron chi connectivity index (χ4n) is 0. The molecule has 0 aliphatic carbocycles. The van der Waals surface area contributed by atoms with Crippen molar-refractivity contribution in [1.82, 2.24) is 0 Å². The van der Waals surface area contributed by atoms with Crippen molar-refractivity contribution in [3.8, 4) is 0 Å². The molecular formula is C3H7ClO4SSn. The van der Waals surface area contributed by atoms with E-state index in [0.717, 1.165) is 0 Å². The Balaban J connectivity index is 0. The molecule has 7 heteroatoms. The second kappa shape index (κ2) is 6.38. The molecule has 0 heterocycles. The second-order valence-corrected chi connectivity index (χ2v) is 5.96. The Bertz CT molecular complexity index is 187. The van der Waals surface area contributed by atoms with Gasteiger partial charge in [0, 0.05) is 0 Å². The first-order chi connectivity index (χ1) is 4.36. The van der Waals surface area contributed by atoms with Crippen LogP contribution in [0.25, 0.3) is 0 Å². The van der Waals surface area contributed by atoms with Gasteiger partial charge in [0.1, 0.15) is 0 Å². The van der Waals surface area contributed by atoms with Crippen LogP contribution in [0.2, 0.25) is 9.88 Å². The predicted octanol–water partition coefficient (Wildman–Crippen LogP) is 1.02. The molecule has 0 spiro atoms. The summed E-state index contributed by atoms with van der Waals surface area (Å²) < 4.78 is 24.6. The number of halogens is 1. The van der Waals surface area contributed by atoms with Gasteiger partial charge >= 0.3 is 45.7 Å². The molecule has 0 rings (SSSR count). The molecule has 0 atom stereocenters. The van der Waals surface area contributed by atoms with Crippen LogP contribution in [-0.2, 0) is 10.1 Å². The third kappa shape index (κ3) is 11.5. The fourth-order valence-corrected chi connectivity index (χ4v) is 0. The first-order valence-corrected chi connectivity index (χ1v) is 9.64. The molecule has 1 N–H and O–H groups in total. The Hall–Kier alpha value is 0.669. The molecule has 0 unspecified atom stereocenters. The van der Waals surface area contributed by atoms with Gasteiger partial charge in [-0.1, -0.05) is 0 Å². The quantitative estimate of drug-likeness (QED) is 0.411. The van der Waals surface area contributed by atoms with Crippen LogP contribution >= 0.6 is 11.6 Å². The Morgan fingerprint density at radius 1 is 1.50 bits per heavy atom. The van der Waals surface area contributed by atoms with Gasteiger partial charge in [-0.15, -0.1) is 0 Å². The zero-order chi connectivity index (χ0) is 8.78. The zero-order valence-corrected chi connectivity index (χ0v) is 9.88. The monoisotopic (exact) mass is 294 g/mol. The summed E-state index contributed by atoms with van der Waals surface area (Å²) in [6.07, 6.45) is 0. The normalized spacial score (nSPS) is 9.60. The Morgan fingerprint density at radius 2 is 1.60 bits per heavy atom. The average molecular weight is 293 g/mol. The van der Waals surface area contributed by atoms with Crippen molar-refractivity contribution in [3.05, 3.63) is 0 Å². The molecule has 0 aromatic rings. The standard InChI is InChI=1S/CHClO4S.2CH3.Sn/c2-1(3)7(4,5)6;;;/h(H,4,5,6);2*1H3;. The number of hydrogen-bond acceptors (Lipinski definition) is 3. The summed E-state index contributed by atoms with van der Waals surface area (Å²) in [5.41, 5.74) is 0. The van der Waals surface area contributed by atoms with E-state index in [1.807, 2.05) is 0 Å². The first kappa shape index (κ1) is 13.3. The van der Waals surface area contributed by atoms with Gasteiger partial charge in [-0.05, 0) is 11.6 Å². The van der Waals surface area contributed by atoms with Gasteiger partial charge in [-0.25, -0.2) is 0 Å². The third-order valence-electron chi connectivity index (χ3n) is 0.203. The van der Waals surface area contributed by atoms with Crippen LogP contribution in [-0.4, -0.2) is 38.7 Å². The van der Waals surface area contributed by atoms with E-state index in [4.69, 9.17) is 4.55 Å². The van der Waals surface area contributed by atoms with Crippen molar-refractivity contribution in [2.45, 2.75) is 9.88 Å². The van der Waals surface area contributed by atoms with Crippen molar-refractivity contribution >= 4 is 47.4 Å².